The van der Waals surface area contributed by atoms with Crippen LogP contribution in [0.15, 0.2) is 28.9 Å². The summed E-state index contributed by atoms with van der Waals surface area (Å²) in [4.78, 5) is 0. The van der Waals surface area contributed by atoms with E-state index in [1.165, 1.54) is 0 Å². The first-order valence-corrected chi connectivity index (χ1v) is 3.61. The maximum atomic E-state index is 5.19. The first-order chi connectivity index (χ1) is 5.24. The van der Waals surface area contributed by atoms with Gasteiger partial charge in [-0.2, -0.15) is 0 Å². The van der Waals surface area contributed by atoms with Crippen molar-refractivity contribution >= 4 is 12.2 Å². The van der Waals surface area contributed by atoms with Crippen LogP contribution < -0.4 is 10.6 Å². The first-order valence-electron chi connectivity index (χ1n) is 3.61. The molecule has 0 spiro atoms. The summed E-state index contributed by atoms with van der Waals surface area (Å²) in [7, 11) is 0. The van der Waals surface area contributed by atoms with E-state index in [-0.39, 0.29) is 0 Å². The summed E-state index contributed by atoms with van der Waals surface area (Å²) >= 11 is 0. The highest BCUT2D eigenvalue weighted by atomic mass is 16.3. The maximum Gasteiger partial charge on any atom is 0.129 e. The molecule has 11 heavy (non-hydrogen) atoms. The molecule has 0 aromatic carbocycles. The third-order valence-corrected chi connectivity index (χ3v) is 1.39. The molecule has 1 rings (SSSR count). The van der Waals surface area contributed by atoms with Crippen LogP contribution in [-0.2, 0) is 0 Å². The number of rotatable bonds is 1. The van der Waals surface area contributed by atoms with Gasteiger partial charge in [0.15, 0.2) is 0 Å². The highest BCUT2D eigenvalue weighted by Crippen LogP contribution is 1.85. The van der Waals surface area contributed by atoms with Gasteiger partial charge in [0.1, 0.15) is 5.42 Å². The quantitative estimate of drug-likeness (QED) is 0.587. The molecule has 0 aliphatic heterocycles. The second kappa shape index (κ2) is 3.24. The Kier molecular flexibility index (Phi) is 2.32. The summed E-state index contributed by atoms with van der Waals surface area (Å²) < 4.78 is 5.19. The Labute approximate surface area is 66.3 Å². The summed E-state index contributed by atoms with van der Waals surface area (Å²) in [6.45, 7) is 7.71. The molecule has 0 saturated carbocycles. The van der Waals surface area contributed by atoms with Gasteiger partial charge < -0.3 is 4.42 Å². The fourth-order valence-corrected chi connectivity index (χ4v) is 0.950. The van der Waals surface area contributed by atoms with Crippen molar-refractivity contribution in [2.24, 2.45) is 0 Å². The lowest BCUT2D eigenvalue weighted by Crippen LogP contribution is -2.18. The third-order valence-electron chi connectivity index (χ3n) is 1.39. The molecular weight excluding hydrogens is 136 g/mol. The molecule has 0 atom stereocenters. The van der Waals surface area contributed by atoms with Gasteiger partial charge in [-0.3, -0.25) is 0 Å². The fraction of sp³-hybridized carbons (Fsp3) is 0.200. The monoisotopic (exact) mass is 148 g/mol. The molecule has 0 unspecified atom stereocenters. The van der Waals surface area contributed by atoms with E-state index >= 15 is 0 Å². The van der Waals surface area contributed by atoms with E-state index in [0.717, 1.165) is 16.2 Å². The molecule has 1 heterocycles. The van der Waals surface area contributed by atoms with Crippen LogP contribution in [0.3, 0.4) is 0 Å². The molecule has 0 aliphatic rings. The van der Waals surface area contributed by atoms with Crippen LogP contribution in [-0.4, -0.2) is 0 Å². The lowest BCUT2D eigenvalue weighted by molar-refractivity contribution is 0.530. The van der Waals surface area contributed by atoms with Crippen molar-refractivity contribution in [1.82, 2.24) is 0 Å². The van der Waals surface area contributed by atoms with Crippen molar-refractivity contribution in [1.29, 1.82) is 0 Å². The van der Waals surface area contributed by atoms with Crippen molar-refractivity contribution in [3.8, 4) is 0 Å². The molecule has 0 bridgehead atoms. The van der Waals surface area contributed by atoms with Gasteiger partial charge in [0.25, 0.3) is 0 Å². The number of hydrogen-bond acceptors (Lipinski definition) is 1. The minimum atomic E-state index is 0.910. The number of allylic oxidation sites excluding steroid dienone is 1. The summed E-state index contributed by atoms with van der Waals surface area (Å²) in [5.41, 5.74) is 1.95. The van der Waals surface area contributed by atoms with E-state index in [1.54, 1.807) is 6.26 Å². The van der Waals surface area contributed by atoms with Crippen LogP contribution in [0.5, 0.6) is 0 Å². The molecule has 0 fully saturated rings. The summed E-state index contributed by atoms with van der Waals surface area (Å²) in [5, 5.41) is 1.10. The van der Waals surface area contributed by atoms with Gasteiger partial charge in [0.2, 0.25) is 0 Å². The SMILES string of the molecule is C=C(C)/C=c1/cco/c1=C/C. The molecule has 1 nitrogen and oxygen atoms in total. The van der Waals surface area contributed by atoms with E-state index in [9.17, 15) is 0 Å². The summed E-state index contributed by atoms with van der Waals surface area (Å²) in [6.07, 6.45) is 5.62. The molecule has 1 aromatic rings. The van der Waals surface area contributed by atoms with Crippen LogP contribution in [0.25, 0.3) is 12.2 Å². The molecule has 1 aromatic heterocycles. The normalized spacial score (nSPS) is 14.0. The fourth-order valence-electron chi connectivity index (χ4n) is 0.950. The largest absolute Gasteiger partial charge is 0.465 e. The van der Waals surface area contributed by atoms with Crippen LogP contribution in [0.4, 0.5) is 0 Å². The second-order valence-corrected chi connectivity index (χ2v) is 2.52. The Balaban J connectivity index is 3.35. The Morgan fingerprint density at radius 3 is 2.91 bits per heavy atom. The molecular formula is C10H12O. The second-order valence-electron chi connectivity index (χ2n) is 2.52. The zero-order chi connectivity index (χ0) is 8.27. The van der Waals surface area contributed by atoms with Gasteiger partial charge in [-0.05, 0) is 32.1 Å². The van der Waals surface area contributed by atoms with Crippen LogP contribution in [0.2, 0.25) is 0 Å². The third kappa shape index (κ3) is 1.84. The van der Waals surface area contributed by atoms with Gasteiger partial charge in [-0.1, -0.05) is 12.2 Å². The van der Waals surface area contributed by atoms with Crippen molar-refractivity contribution in [3.05, 3.63) is 35.1 Å². The van der Waals surface area contributed by atoms with E-state index < -0.39 is 0 Å². The van der Waals surface area contributed by atoms with Gasteiger partial charge in [0, 0.05) is 5.22 Å². The highest BCUT2D eigenvalue weighted by Gasteiger charge is 1.85. The Morgan fingerprint density at radius 1 is 1.64 bits per heavy atom. The zero-order valence-corrected chi connectivity index (χ0v) is 6.92. The highest BCUT2D eigenvalue weighted by molar-refractivity contribution is 5.43. The zero-order valence-electron chi connectivity index (χ0n) is 6.92. The van der Waals surface area contributed by atoms with Crippen LogP contribution >= 0.6 is 0 Å². The first kappa shape index (κ1) is 7.86. The average molecular weight is 148 g/mol. The molecule has 0 saturated heterocycles. The topological polar surface area (TPSA) is 13.1 Å². The van der Waals surface area contributed by atoms with E-state index in [4.69, 9.17) is 4.42 Å². The minimum Gasteiger partial charge on any atom is -0.465 e. The Hall–Kier alpha value is -1.24. The van der Waals surface area contributed by atoms with Crippen molar-refractivity contribution < 1.29 is 4.42 Å². The number of hydrogen-bond donors (Lipinski definition) is 0. The van der Waals surface area contributed by atoms with Gasteiger partial charge >= 0.3 is 0 Å². The van der Waals surface area contributed by atoms with Crippen molar-refractivity contribution in [2.75, 3.05) is 0 Å². The van der Waals surface area contributed by atoms with Crippen LogP contribution in [0, 0.1) is 0 Å². The van der Waals surface area contributed by atoms with Gasteiger partial charge in [0.05, 0.1) is 6.26 Å². The molecule has 1 heteroatoms. The Morgan fingerprint density at radius 2 is 2.36 bits per heavy atom. The molecule has 58 valence electrons. The van der Waals surface area contributed by atoms with E-state index in [1.807, 2.05) is 32.1 Å². The predicted octanol–water partition coefficient (Wildman–Crippen LogP) is 1.44. The van der Waals surface area contributed by atoms with Crippen molar-refractivity contribution in [2.45, 2.75) is 13.8 Å². The molecule has 0 radical (unpaired) electrons. The lowest BCUT2D eigenvalue weighted by Gasteiger charge is -1.80. The van der Waals surface area contributed by atoms with Gasteiger partial charge in [-0.15, -0.1) is 0 Å². The van der Waals surface area contributed by atoms with Gasteiger partial charge in [-0.25, -0.2) is 0 Å². The van der Waals surface area contributed by atoms with E-state index in [2.05, 4.69) is 6.58 Å². The maximum absolute atomic E-state index is 5.19. The molecule has 0 N–H and O–H groups in total. The van der Waals surface area contributed by atoms with Crippen LogP contribution in [0.1, 0.15) is 13.8 Å². The summed E-state index contributed by atoms with van der Waals surface area (Å²) in [6, 6.07) is 1.93. The average Bonchev–Trinajstić information content (AvgIpc) is 2.34. The Bertz CT molecular complexity index is 354. The predicted molar refractivity (Wildman–Crippen MR) is 47.4 cm³/mol. The minimum absolute atomic E-state index is 0.910. The summed E-state index contributed by atoms with van der Waals surface area (Å²) in [5.74, 6) is 0. The number of furan rings is 1. The smallest absolute Gasteiger partial charge is 0.129 e. The molecule has 0 amide bonds. The standard InChI is InChI=1S/C10H12O/c1-4-10-9(5-6-11-10)7-8(2)3/h4-7H,2H2,1,3H3/b9-7-,10-4+. The lowest BCUT2D eigenvalue weighted by atomic mass is 10.3. The molecule has 0 aliphatic carbocycles. The van der Waals surface area contributed by atoms with Crippen molar-refractivity contribution in [3.63, 3.8) is 0 Å². The van der Waals surface area contributed by atoms with E-state index in [0.29, 0.717) is 0 Å².